The van der Waals surface area contributed by atoms with Crippen molar-refractivity contribution in [2.24, 2.45) is 5.73 Å². The van der Waals surface area contributed by atoms with E-state index in [9.17, 15) is 4.79 Å². The number of hydrogen-bond donors (Lipinski definition) is 2. The molecule has 18 heavy (non-hydrogen) atoms. The zero-order valence-corrected chi connectivity index (χ0v) is 11.2. The van der Waals surface area contributed by atoms with Crippen LogP contribution in [-0.2, 0) is 13.0 Å². The van der Waals surface area contributed by atoms with Crippen molar-refractivity contribution in [2.75, 3.05) is 6.54 Å². The summed E-state index contributed by atoms with van der Waals surface area (Å²) >= 11 is 7.34. The van der Waals surface area contributed by atoms with Crippen LogP contribution in [0.15, 0.2) is 28.7 Å². The zero-order valence-electron chi connectivity index (χ0n) is 9.61. The van der Waals surface area contributed by atoms with Gasteiger partial charge in [-0.2, -0.15) is 0 Å². The Balaban J connectivity index is 1.81. The molecule has 0 aliphatic heterocycles. The monoisotopic (exact) mass is 284 g/mol. The fourth-order valence-corrected chi connectivity index (χ4v) is 2.57. The first kappa shape index (κ1) is 13.1. The number of hydrogen-bond acceptors (Lipinski definition) is 4. The normalized spacial score (nSPS) is 10.6. The molecule has 1 amide bonds. The number of nitrogens with two attached hydrogens (primary N) is 1. The van der Waals surface area contributed by atoms with E-state index in [0.29, 0.717) is 24.6 Å². The minimum atomic E-state index is -0.225. The molecule has 0 spiro atoms. The minimum Gasteiger partial charge on any atom is -0.455 e. The van der Waals surface area contributed by atoms with E-state index >= 15 is 0 Å². The van der Waals surface area contributed by atoms with Crippen molar-refractivity contribution in [2.45, 2.75) is 13.0 Å². The van der Waals surface area contributed by atoms with Gasteiger partial charge in [-0.05, 0) is 30.7 Å². The van der Waals surface area contributed by atoms with Crippen LogP contribution in [0.1, 0.15) is 21.2 Å². The van der Waals surface area contributed by atoms with Gasteiger partial charge in [-0.25, -0.2) is 0 Å². The Hall–Kier alpha value is -1.30. The number of carbonyl (C=O) groups excluding carboxylic acids is 1. The van der Waals surface area contributed by atoms with Gasteiger partial charge in [0.1, 0.15) is 5.76 Å². The Kier molecular flexibility index (Phi) is 4.41. The number of furan rings is 1. The topological polar surface area (TPSA) is 68.3 Å². The van der Waals surface area contributed by atoms with E-state index in [1.54, 1.807) is 12.1 Å². The Morgan fingerprint density at radius 1 is 1.39 bits per heavy atom. The van der Waals surface area contributed by atoms with E-state index in [4.69, 9.17) is 21.8 Å². The Bertz CT molecular complexity index is 536. The fourth-order valence-electron chi connectivity index (χ4n) is 1.48. The van der Waals surface area contributed by atoms with Crippen molar-refractivity contribution in [3.8, 4) is 0 Å². The van der Waals surface area contributed by atoms with Crippen molar-refractivity contribution in [3.63, 3.8) is 0 Å². The third kappa shape index (κ3) is 3.35. The van der Waals surface area contributed by atoms with E-state index in [1.165, 1.54) is 11.3 Å². The second-order valence-corrected chi connectivity index (χ2v) is 5.48. The van der Waals surface area contributed by atoms with Gasteiger partial charge in [0.2, 0.25) is 0 Å². The molecule has 96 valence electrons. The van der Waals surface area contributed by atoms with Gasteiger partial charge in [0, 0.05) is 11.4 Å². The third-order valence-electron chi connectivity index (χ3n) is 2.37. The summed E-state index contributed by atoms with van der Waals surface area (Å²) in [4.78, 5) is 12.8. The highest BCUT2D eigenvalue weighted by molar-refractivity contribution is 7.16. The van der Waals surface area contributed by atoms with Crippen molar-refractivity contribution in [1.29, 1.82) is 0 Å². The average molecular weight is 285 g/mol. The van der Waals surface area contributed by atoms with Crippen LogP contribution in [0, 0.1) is 0 Å². The largest absolute Gasteiger partial charge is 0.455 e. The average Bonchev–Trinajstić information content (AvgIpc) is 2.98. The molecule has 0 saturated heterocycles. The zero-order chi connectivity index (χ0) is 13.0. The number of amides is 1. The van der Waals surface area contributed by atoms with Crippen LogP contribution >= 0.6 is 22.9 Å². The molecule has 0 aromatic carbocycles. The summed E-state index contributed by atoms with van der Waals surface area (Å²) in [6, 6.07) is 7.13. The summed E-state index contributed by atoms with van der Waals surface area (Å²) in [5.41, 5.74) is 5.41. The molecule has 0 atom stereocenters. The second kappa shape index (κ2) is 6.04. The van der Waals surface area contributed by atoms with E-state index in [0.717, 1.165) is 15.6 Å². The van der Waals surface area contributed by atoms with Crippen molar-refractivity contribution in [1.82, 2.24) is 5.32 Å². The Labute approximate surface area is 114 Å². The van der Waals surface area contributed by atoms with Crippen LogP contribution in [0.3, 0.4) is 0 Å². The molecule has 0 saturated carbocycles. The molecule has 0 fully saturated rings. The minimum absolute atomic E-state index is 0.225. The molecule has 0 aliphatic carbocycles. The molecule has 6 heteroatoms. The summed E-state index contributed by atoms with van der Waals surface area (Å²) in [7, 11) is 0. The first-order valence-corrected chi connectivity index (χ1v) is 6.69. The maximum Gasteiger partial charge on any atom is 0.287 e. The lowest BCUT2D eigenvalue weighted by molar-refractivity contribution is 0.0925. The van der Waals surface area contributed by atoms with Gasteiger partial charge < -0.3 is 15.5 Å². The van der Waals surface area contributed by atoms with Gasteiger partial charge in [-0.15, -0.1) is 11.3 Å². The van der Waals surface area contributed by atoms with Crippen molar-refractivity contribution < 1.29 is 9.21 Å². The van der Waals surface area contributed by atoms with Crippen LogP contribution in [0.5, 0.6) is 0 Å². The first-order valence-electron chi connectivity index (χ1n) is 5.50. The van der Waals surface area contributed by atoms with E-state index in [1.807, 2.05) is 12.1 Å². The van der Waals surface area contributed by atoms with Gasteiger partial charge >= 0.3 is 0 Å². The molecular formula is C12H13ClN2O2S. The Morgan fingerprint density at radius 2 is 2.22 bits per heavy atom. The summed E-state index contributed by atoms with van der Waals surface area (Å²) < 4.78 is 6.01. The molecule has 2 aromatic rings. The highest BCUT2D eigenvalue weighted by Gasteiger charge is 2.10. The van der Waals surface area contributed by atoms with Gasteiger partial charge in [0.15, 0.2) is 5.76 Å². The summed E-state index contributed by atoms with van der Waals surface area (Å²) in [6.07, 6.45) is 0.758. The molecule has 3 N–H and O–H groups in total. The summed E-state index contributed by atoms with van der Waals surface area (Å²) in [5, 5.41) is 2.78. The molecule has 2 aromatic heterocycles. The fraction of sp³-hybridized carbons (Fsp3) is 0.250. The highest BCUT2D eigenvalue weighted by atomic mass is 35.5. The van der Waals surface area contributed by atoms with Crippen LogP contribution in [0.2, 0.25) is 4.34 Å². The molecule has 0 radical (unpaired) electrons. The van der Waals surface area contributed by atoms with Crippen LogP contribution in [0.25, 0.3) is 0 Å². The van der Waals surface area contributed by atoms with Crippen LogP contribution < -0.4 is 11.1 Å². The maximum absolute atomic E-state index is 11.7. The van der Waals surface area contributed by atoms with Crippen molar-refractivity contribution >= 4 is 28.8 Å². The van der Waals surface area contributed by atoms with E-state index in [2.05, 4.69) is 5.32 Å². The molecule has 0 bridgehead atoms. The lowest BCUT2D eigenvalue weighted by atomic mass is 10.3. The number of thiophene rings is 1. The van der Waals surface area contributed by atoms with Gasteiger partial charge in [-0.3, -0.25) is 4.79 Å². The quantitative estimate of drug-likeness (QED) is 0.886. The van der Waals surface area contributed by atoms with Gasteiger partial charge in [-0.1, -0.05) is 11.6 Å². The SMILES string of the molecule is NCc1ccc(C(=O)NCCc2ccc(Cl)s2)o1. The molecule has 0 aliphatic rings. The third-order valence-corrected chi connectivity index (χ3v) is 3.66. The molecule has 0 unspecified atom stereocenters. The first-order chi connectivity index (χ1) is 8.69. The number of nitrogens with one attached hydrogen (secondary N) is 1. The molecule has 2 rings (SSSR count). The van der Waals surface area contributed by atoms with Crippen LogP contribution in [0.4, 0.5) is 0 Å². The van der Waals surface area contributed by atoms with E-state index < -0.39 is 0 Å². The lowest BCUT2D eigenvalue weighted by Gasteiger charge is -2.01. The van der Waals surface area contributed by atoms with Crippen LogP contribution in [-0.4, -0.2) is 12.5 Å². The molecule has 4 nitrogen and oxygen atoms in total. The summed E-state index contributed by atoms with van der Waals surface area (Å²) in [5.74, 6) is 0.669. The number of carbonyl (C=O) groups is 1. The second-order valence-electron chi connectivity index (χ2n) is 3.68. The molecule has 2 heterocycles. The van der Waals surface area contributed by atoms with Crippen molar-refractivity contribution in [3.05, 3.63) is 45.0 Å². The van der Waals surface area contributed by atoms with Gasteiger partial charge in [0.25, 0.3) is 5.91 Å². The lowest BCUT2D eigenvalue weighted by Crippen LogP contribution is -2.25. The number of halogens is 1. The predicted octanol–water partition coefficient (Wildman–Crippen LogP) is 2.43. The summed E-state index contributed by atoms with van der Waals surface area (Å²) in [6.45, 7) is 0.843. The number of rotatable bonds is 5. The Morgan fingerprint density at radius 3 is 2.83 bits per heavy atom. The predicted molar refractivity (Wildman–Crippen MR) is 72.0 cm³/mol. The molecular weight excluding hydrogens is 272 g/mol. The maximum atomic E-state index is 11.7. The standard InChI is InChI=1S/C12H13ClN2O2S/c13-11-4-2-9(18-11)5-6-15-12(16)10-3-1-8(7-14)17-10/h1-4H,5-7,14H2,(H,15,16). The smallest absolute Gasteiger partial charge is 0.287 e. The highest BCUT2D eigenvalue weighted by Crippen LogP contribution is 2.21. The van der Waals surface area contributed by atoms with Gasteiger partial charge in [0.05, 0.1) is 10.9 Å². The van der Waals surface area contributed by atoms with E-state index in [-0.39, 0.29) is 5.91 Å².